The van der Waals surface area contributed by atoms with Crippen molar-refractivity contribution in [2.24, 2.45) is 5.41 Å². The molecular weight excluding hydrogens is 154 g/mol. The van der Waals surface area contributed by atoms with E-state index in [1.165, 1.54) is 0 Å². The maximum Gasteiger partial charge on any atom is 0.0636 e. The van der Waals surface area contributed by atoms with Crippen LogP contribution in [0.25, 0.3) is 0 Å². The Morgan fingerprint density at radius 2 is 2.00 bits per heavy atom. The third kappa shape index (κ3) is 6.58. The van der Waals surface area contributed by atoms with E-state index in [2.05, 4.69) is 19.2 Å². The van der Waals surface area contributed by atoms with E-state index in [1.807, 2.05) is 0 Å². The van der Waals surface area contributed by atoms with E-state index in [-0.39, 0.29) is 18.1 Å². The van der Waals surface area contributed by atoms with Crippen molar-refractivity contribution in [2.45, 2.75) is 33.3 Å². The van der Waals surface area contributed by atoms with Crippen LogP contribution in [0.1, 0.15) is 27.2 Å². The second-order valence-electron chi connectivity index (χ2n) is 4.12. The summed E-state index contributed by atoms with van der Waals surface area (Å²) in [6.45, 7) is 7.62. The Labute approximate surface area is 74.8 Å². The number of rotatable bonds is 6. The van der Waals surface area contributed by atoms with Crippen LogP contribution in [-0.2, 0) is 0 Å². The third-order valence-corrected chi connectivity index (χ3v) is 1.83. The summed E-state index contributed by atoms with van der Waals surface area (Å²) in [4.78, 5) is 0. The lowest BCUT2D eigenvalue weighted by atomic mass is 9.90. The first-order valence-electron chi connectivity index (χ1n) is 4.47. The molecule has 0 rings (SSSR count). The highest BCUT2D eigenvalue weighted by atomic mass is 16.3. The fraction of sp³-hybridized carbons (Fsp3) is 1.00. The predicted molar refractivity (Wildman–Crippen MR) is 50.0 cm³/mol. The minimum Gasteiger partial charge on any atom is -0.396 e. The molecule has 0 aliphatic heterocycles. The largest absolute Gasteiger partial charge is 0.396 e. The molecule has 3 N–H and O–H groups in total. The van der Waals surface area contributed by atoms with Crippen molar-refractivity contribution < 1.29 is 10.2 Å². The molecule has 0 aliphatic rings. The fourth-order valence-electron chi connectivity index (χ4n) is 1.01. The number of nitrogens with one attached hydrogen (secondary N) is 1. The summed E-state index contributed by atoms with van der Waals surface area (Å²) < 4.78 is 0. The number of aliphatic hydroxyl groups is 2. The van der Waals surface area contributed by atoms with Gasteiger partial charge in [-0.3, -0.25) is 0 Å². The smallest absolute Gasteiger partial charge is 0.0636 e. The van der Waals surface area contributed by atoms with E-state index in [9.17, 15) is 0 Å². The van der Waals surface area contributed by atoms with Crippen LogP contribution in [0.5, 0.6) is 0 Å². The number of hydrogen-bond donors (Lipinski definition) is 3. The zero-order valence-electron chi connectivity index (χ0n) is 8.30. The van der Waals surface area contributed by atoms with Crippen molar-refractivity contribution in [1.29, 1.82) is 0 Å². The molecular formula is C9H21NO2. The van der Waals surface area contributed by atoms with Crippen LogP contribution < -0.4 is 5.32 Å². The Morgan fingerprint density at radius 3 is 2.42 bits per heavy atom. The normalized spacial score (nSPS) is 14.8. The predicted octanol–water partition coefficient (Wildman–Crippen LogP) is 0.365. The molecule has 0 heterocycles. The lowest BCUT2D eigenvalue weighted by Gasteiger charge is -2.24. The average molecular weight is 175 g/mol. The first-order valence-corrected chi connectivity index (χ1v) is 4.47. The van der Waals surface area contributed by atoms with Gasteiger partial charge in [-0.15, -0.1) is 0 Å². The quantitative estimate of drug-likeness (QED) is 0.546. The Balaban J connectivity index is 3.46. The minimum atomic E-state index is -0.296. The van der Waals surface area contributed by atoms with Gasteiger partial charge in [0.15, 0.2) is 0 Å². The highest BCUT2D eigenvalue weighted by Crippen LogP contribution is 2.17. The Kier molecular flexibility index (Phi) is 5.46. The molecule has 74 valence electrons. The molecule has 3 heteroatoms. The van der Waals surface area contributed by atoms with E-state index >= 15 is 0 Å². The van der Waals surface area contributed by atoms with Crippen molar-refractivity contribution in [3.63, 3.8) is 0 Å². The lowest BCUT2D eigenvalue weighted by molar-refractivity contribution is 0.173. The van der Waals surface area contributed by atoms with Crippen molar-refractivity contribution in [2.75, 3.05) is 19.7 Å². The summed E-state index contributed by atoms with van der Waals surface area (Å²) >= 11 is 0. The van der Waals surface area contributed by atoms with Crippen molar-refractivity contribution in [3.8, 4) is 0 Å². The van der Waals surface area contributed by atoms with Crippen LogP contribution in [0.4, 0.5) is 0 Å². The van der Waals surface area contributed by atoms with Crippen molar-refractivity contribution in [3.05, 3.63) is 0 Å². The maximum atomic E-state index is 8.97. The van der Waals surface area contributed by atoms with Crippen LogP contribution >= 0.6 is 0 Å². The third-order valence-electron chi connectivity index (χ3n) is 1.83. The van der Waals surface area contributed by atoms with Gasteiger partial charge in [0.05, 0.1) is 6.10 Å². The van der Waals surface area contributed by atoms with Gasteiger partial charge in [0, 0.05) is 19.7 Å². The Hall–Kier alpha value is -0.120. The molecule has 0 saturated heterocycles. The SMILES string of the molecule is CC(O)CNCC(C)(C)CCO. The number of hydrogen-bond acceptors (Lipinski definition) is 3. The molecule has 1 atom stereocenters. The summed E-state index contributed by atoms with van der Waals surface area (Å²) in [5.41, 5.74) is 0.115. The summed E-state index contributed by atoms with van der Waals surface area (Å²) in [6, 6.07) is 0. The summed E-state index contributed by atoms with van der Waals surface area (Å²) in [7, 11) is 0. The van der Waals surface area contributed by atoms with E-state index in [1.54, 1.807) is 6.92 Å². The van der Waals surface area contributed by atoms with Gasteiger partial charge in [-0.1, -0.05) is 13.8 Å². The van der Waals surface area contributed by atoms with Gasteiger partial charge in [-0.05, 0) is 18.8 Å². The summed E-state index contributed by atoms with van der Waals surface area (Å²) in [6.07, 6.45) is 0.495. The first-order chi connectivity index (χ1) is 5.48. The topological polar surface area (TPSA) is 52.5 Å². The molecule has 0 aromatic heterocycles. The zero-order valence-corrected chi connectivity index (χ0v) is 8.30. The number of aliphatic hydroxyl groups excluding tert-OH is 2. The molecule has 0 aliphatic carbocycles. The average Bonchev–Trinajstić information content (AvgIpc) is 1.85. The Morgan fingerprint density at radius 1 is 1.42 bits per heavy atom. The standard InChI is InChI=1S/C9H21NO2/c1-8(12)6-10-7-9(2,3)4-5-11/h8,10-12H,4-7H2,1-3H3. The molecule has 12 heavy (non-hydrogen) atoms. The minimum absolute atomic E-state index is 0.115. The molecule has 3 nitrogen and oxygen atoms in total. The van der Waals surface area contributed by atoms with Gasteiger partial charge >= 0.3 is 0 Å². The lowest BCUT2D eigenvalue weighted by Crippen LogP contribution is -2.34. The first kappa shape index (κ1) is 11.9. The van der Waals surface area contributed by atoms with Crippen LogP contribution in [0.15, 0.2) is 0 Å². The van der Waals surface area contributed by atoms with Crippen LogP contribution in [-0.4, -0.2) is 36.0 Å². The van der Waals surface area contributed by atoms with Gasteiger partial charge in [0.2, 0.25) is 0 Å². The van der Waals surface area contributed by atoms with Crippen LogP contribution in [0, 0.1) is 5.41 Å². The summed E-state index contributed by atoms with van der Waals surface area (Å²) in [5, 5.41) is 20.8. The fourth-order valence-corrected chi connectivity index (χ4v) is 1.01. The zero-order chi connectivity index (χ0) is 9.61. The molecule has 0 spiro atoms. The second kappa shape index (κ2) is 5.51. The molecule has 0 aromatic carbocycles. The van der Waals surface area contributed by atoms with Crippen LogP contribution in [0.3, 0.4) is 0 Å². The maximum absolute atomic E-state index is 8.97. The van der Waals surface area contributed by atoms with Gasteiger partial charge in [-0.2, -0.15) is 0 Å². The highest BCUT2D eigenvalue weighted by molar-refractivity contribution is 4.71. The van der Waals surface area contributed by atoms with E-state index in [0.29, 0.717) is 6.54 Å². The van der Waals surface area contributed by atoms with Gasteiger partial charge in [-0.25, -0.2) is 0 Å². The molecule has 0 radical (unpaired) electrons. The van der Waals surface area contributed by atoms with E-state index < -0.39 is 0 Å². The van der Waals surface area contributed by atoms with Crippen molar-refractivity contribution >= 4 is 0 Å². The monoisotopic (exact) mass is 175 g/mol. The van der Waals surface area contributed by atoms with Gasteiger partial charge < -0.3 is 15.5 Å². The van der Waals surface area contributed by atoms with E-state index in [4.69, 9.17) is 10.2 Å². The van der Waals surface area contributed by atoms with Crippen LogP contribution in [0.2, 0.25) is 0 Å². The second-order valence-corrected chi connectivity index (χ2v) is 4.12. The highest BCUT2D eigenvalue weighted by Gasteiger charge is 2.16. The van der Waals surface area contributed by atoms with E-state index in [0.717, 1.165) is 13.0 Å². The molecule has 0 aromatic rings. The molecule has 0 bridgehead atoms. The van der Waals surface area contributed by atoms with Crippen molar-refractivity contribution in [1.82, 2.24) is 5.32 Å². The molecule has 0 amide bonds. The molecule has 1 unspecified atom stereocenters. The van der Waals surface area contributed by atoms with Gasteiger partial charge in [0.25, 0.3) is 0 Å². The van der Waals surface area contributed by atoms with Gasteiger partial charge in [0.1, 0.15) is 0 Å². The summed E-state index contributed by atoms with van der Waals surface area (Å²) in [5.74, 6) is 0. The molecule has 0 fully saturated rings. The Bertz CT molecular complexity index is 113. The molecule has 0 saturated carbocycles.